The topological polar surface area (TPSA) is 123 Å². The summed E-state index contributed by atoms with van der Waals surface area (Å²) >= 11 is 0. The van der Waals surface area contributed by atoms with Gasteiger partial charge in [-0.3, -0.25) is 9.59 Å². The minimum Gasteiger partial charge on any atom is -0.466 e. The summed E-state index contributed by atoms with van der Waals surface area (Å²) in [4.78, 5) is 55.1. The molecule has 3 aromatic carbocycles. The smallest absolute Gasteiger partial charge is 0.407 e. The summed E-state index contributed by atoms with van der Waals surface area (Å²) in [6, 6.07) is 26.7. The molecule has 0 bridgehead atoms. The van der Waals surface area contributed by atoms with Gasteiger partial charge in [0.2, 0.25) is 5.54 Å². The lowest BCUT2D eigenvalue weighted by molar-refractivity contribution is -0.157. The molecular weight excluding hydrogens is 598 g/mol. The van der Waals surface area contributed by atoms with E-state index >= 15 is 0 Å². The van der Waals surface area contributed by atoms with Gasteiger partial charge in [-0.25, -0.2) is 9.59 Å². The predicted octanol–water partition coefficient (Wildman–Crippen LogP) is 5.30. The fourth-order valence-electron chi connectivity index (χ4n) is 5.68. The Morgan fingerprint density at radius 2 is 1.49 bits per heavy atom. The average Bonchev–Trinajstić information content (AvgIpc) is 3.50. The number of ether oxygens (including phenoxy) is 3. The summed E-state index contributed by atoms with van der Waals surface area (Å²) in [5.41, 5.74) is 1.81. The molecule has 0 saturated heterocycles. The lowest BCUT2D eigenvalue weighted by Gasteiger charge is -2.35. The number of aryl methyl sites for hydroxylation is 1. The van der Waals surface area contributed by atoms with Crippen molar-refractivity contribution in [1.82, 2.24) is 10.2 Å². The zero-order valence-electron chi connectivity index (χ0n) is 27.2. The molecule has 1 aliphatic heterocycles. The average molecular weight is 644 g/mol. The molecule has 0 saturated carbocycles. The van der Waals surface area contributed by atoms with E-state index in [1.807, 2.05) is 84.9 Å². The Bertz CT molecular complexity index is 1440. The van der Waals surface area contributed by atoms with Gasteiger partial charge in [-0.05, 0) is 62.3 Å². The fourth-order valence-corrected chi connectivity index (χ4v) is 5.68. The molecule has 2 atom stereocenters. The van der Waals surface area contributed by atoms with Crippen molar-refractivity contribution in [2.24, 2.45) is 5.92 Å². The largest absolute Gasteiger partial charge is 0.466 e. The monoisotopic (exact) mass is 643 g/mol. The summed E-state index contributed by atoms with van der Waals surface area (Å²) in [7, 11) is 0. The first-order valence-electron chi connectivity index (χ1n) is 16.3. The van der Waals surface area contributed by atoms with Crippen molar-refractivity contribution >= 4 is 29.6 Å². The molecule has 1 unspecified atom stereocenters. The minimum atomic E-state index is -1.67. The van der Waals surface area contributed by atoms with Crippen LogP contribution in [0.3, 0.4) is 0 Å². The van der Waals surface area contributed by atoms with Gasteiger partial charge >= 0.3 is 18.0 Å². The van der Waals surface area contributed by atoms with Crippen LogP contribution in [0.5, 0.6) is 0 Å². The highest BCUT2D eigenvalue weighted by Crippen LogP contribution is 2.35. The summed E-state index contributed by atoms with van der Waals surface area (Å²) in [6.45, 7) is 4.59. The SMILES string of the molecule is CCOC(=O)[C@H](CCc1ccccc1)CN(CCCCNC(=O)OCc1ccccc1)C(=O)C1(C(=O)OCC)Cc2ccccc2N1. The van der Waals surface area contributed by atoms with E-state index in [-0.39, 0.29) is 39.3 Å². The number of hydrogen-bond donors (Lipinski definition) is 2. The number of alkyl carbamates (subject to hydrolysis) is 1. The highest BCUT2D eigenvalue weighted by Gasteiger charge is 2.53. The molecule has 0 fully saturated rings. The van der Waals surface area contributed by atoms with Crippen LogP contribution < -0.4 is 10.6 Å². The minimum absolute atomic E-state index is 0.0657. The van der Waals surface area contributed by atoms with Crippen molar-refractivity contribution in [3.63, 3.8) is 0 Å². The van der Waals surface area contributed by atoms with Crippen LogP contribution in [0.2, 0.25) is 0 Å². The number of amides is 2. The molecule has 3 aromatic rings. The number of nitrogens with zero attached hydrogens (tertiary/aromatic N) is 1. The molecule has 1 heterocycles. The number of para-hydroxylation sites is 1. The van der Waals surface area contributed by atoms with Crippen LogP contribution in [-0.2, 0) is 48.0 Å². The molecule has 4 rings (SSSR count). The fraction of sp³-hybridized carbons (Fsp3) is 0.405. The third-order valence-corrected chi connectivity index (χ3v) is 8.12. The lowest BCUT2D eigenvalue weighted by Crippen LogP contribution is -2.60. The van der Waals surface area contributed by atoms with Crippen molar-refractivity contribution in [1.29, 1.82) is 0 Å². The van der Waals surface area contributed by atoms with Gasteiger partial charge in [0, 0.05) is 31.7 Å². The van der Waals surface area contributed by atoms with E-state index in [1.165, 1.54) is 0 Å². The number of nitrogens with one attached hydrogen (secondary N) is 2. The molecule has 2 N–H and O–H groups in total. The van der Waals surface area contributed by atoms with Gasteiger partial charge in [0.15, 0.2) is 0 Å². The van der Waals surface area contributed by atoms with E-state index in [0.717, 1.165) is 16.7 Å². The van der Waals surface area contributed by atoms with Crippen LogP contribution in [-0.4, -0.2) is 67.2 Å². The van der Waals surface area contributed by atoms with Crippen molar-refractivity contribution in [3.8, 4) is 0 Å². The van der Waals surface area contributed by atoms with Crippen molar-refractivity contribution in [2.75, 3.05) is 38.2 Å². The first kappa shape index (κ1) is 35.0. The van der Waals surface area contributed by atoms with E-state index in [1.54, 1.807) is 18.7 Å². The molecule has 0 spiro atoms. The molecule has 2 amide bonds. The van der Waals surface area contributed by atoms with Gasteiger partial charge in [0.25, 0.3) is 5.91 Å². The lowest BCUT2D eigenvalue weighted by atomic mass is 9.91. The van der Waals surface area contributed by atoms with Crippen LogP contribution in [0, 0.1) is 5.92 Å². The number of esters is 2. The van der Waals surface area contributed by atoms with Crippen molar-refractivity contribution < 1.29 is 33.4 Å². The second-order valence-corrected chi connectivity index (χ2v) is 11.5. The molecule has 1 aliphatic rings. The molecular formula is C37H45N3O7. The van der Waals surface area contributed by atoms with E-state index in [4.69, 9.17) is 14.2 Å². The summed E-state index contributed by atoms with van der Waals surface area (Å²) < 4.78 is 16.2. The third kappa shape index (κ3) is 9.81. The second-order valence-electron chi connectivity index (χ2n) is 11.5. The standard InChI is InChI=1S/C37H45N3O7/c1-3-45-33(41)31(22-21-28-15-7-5-8-16-28)26-40(24-14-13-23-38-36(44)47-27-29-17-9-6-10-18-29)34(42)37(35(43)46-4-2)25-30-19-11-12-20-32(30)39-37/h5-12,15-20,31,39H,3-4,13-14,21-27H2,1-2H3,(H,38,44)/t31-,37?/m1/s1. The number of carbonyl (C=O) groups excluding carboxylic acids is 4. The maximum atomic E-state index is 14.6. The van der Waals surface area contributed by atoms with Gasteiger partial charge in [-0.1, -0.05) is 78.9 Å². The van der Waals surface area contributed by atoms with Gasteiger partial charge in [0.1, 0.15) is 6.61 Å². The van der Waals surface area contributed by atoms with Crippen LogP contribution in [0.1, 0.15) is 49.8 Å². The zero-order valence-corrected chi connectivity index (χ0v) is 27.2. The first-order valence-corrected chi connectivity index (χ1v) is 16.3. The molecule has 0 radical (unpaired) electrons. The Kier molecular flexibility index (Phi) is 13.2. The summed E-state index contributed by atoms with van der Waals surface area (Å²) in [5, 5.41) is 5.94. The number of hydrogen-bond acceptors (Lipinski definition) is 8. The number of rotatable bonds is 17. The van der Waals surface area contributed by atoms with Gasteiger partial charge in [0.05, 0.1) is 19.1 Å². The maximum absolute atomic E-state index is 14.6. The van der Waals surface area contributed by atoms with Gasteiger partial charge < -0.3 is 29.7 Å². The normalized spacial score (nSPS) is 15.4. The van der Waals surface area contributed by atoms with E-state index in [9.17, 15) is 19.2 Å². The maximum Gasteiger partial charge on any atom is 0.407 e. The summed E-state index contributed by atoms with van der Waals surface area (Å²) in [5.74, 6) is -2.13. The Balaban J connectivity index is 1.48. The van der Waals surface area contributed by atoms with E-state index < -0.39 is 35.4 Å². The Morgan fingerprint density at radius 3 is 2.17 bits per heavy atom. The first-order chi connectivity index (χ1) is 22.9. The van der Waals surface area contributed by atoms with E-state index in [0.29, 0.717) is 37.9 Å². The van der Waals surface area contributed by atoms with Crippen molar-refractivity contribution in [3.05, 3.63) is 102 Å². The molecule has 250 valence electrons. The van der Waals surface area contributed by atoms with Gasteiger partial charge in [-0.15, -0.1) is 0 Å². The number of carbonyl (C=O) groups is 4. The van der Waals surface area contributed by atoms with E-state index in [2.05, 4.69) is 10.6 Å². The van der Waals surface area contributed by atoms with Gasteiger partial charge in [-0.2, -0.15) is 0 Å². The van der Waals surface area contributed by atoms with Crippen LogP contribution in [0.15, 0.2) is 84.9 Å². The second kappa shape index (κ2) is 17.7. The number of fused-ring (bicyclic) bond motifs is 1. The Hall–Kier alpha value is -4.86. The molecule has 10 heteroatoms. The number of unbranched alkanes of at least 4 members (excludes halogenated alkanes) is 1. The zero-order chi connectivity index (χ0) is 33.5. The highest BCUT2D eigenvalue weighted by molar-refractivity contribution is 6.12. The highest BCUT2D eigenvalue weighted by atomic mass is 16.5. The van der Waals surface area contributed by atoms with Crippen LogP contribution in [0.4, 0.5) is 10.5 Å². The predicted molar refractivity (Wildman–Crippen MR) is 178 cm³/mol. The molecule has 0 aliphatic carbocycles. The van der Waals surface area contributed by atoms with Crippen LogP contribution in [0.25, 0.3) is 0 Å². The van der Waals surface area contributed by atoms with Crippen molar-refractivity contribution in [2.45, 2.75) is 58.1 Å². The molecule has 0 aromatic heterocycles. The van der Waals surface area contributed by atoms with Crippen LogP contribution >= 0.6 is 0 Å². The summed E-state index contributed by atoms with van der Waals surface area (Å²) in [6.07, 6.45) is 1.72. The number of anilines is 1. The third-order valence-electron chi connectivity index (χ3n) is 8.12. The Labute approximate surface area is 276 Å². The molecule has 10 nitrogen and oxygen atoms in total. The Morgan fingerprint density at radius 1 is 0.830 bits per heavy atom. The molecule has 47 heavy (non-hydrogen) atoms. The number of benzene rings is 3. The quantitative estimate of drug-likeness (QED) is 0.0879.